The lowest BCUT2D eigenvalue weighted by Gasteiger charge is -2.03. The van der Waals surface area contributed by atoms with Gasteiger partial charge in [0.05, 0.1) is 5.02 Å². The van der Waals surface area contributed by atoms with Gasteiger partial charge in [-0.2, -0.15) is 5.10 Å². The van der Waals surface area contributed by atoms with E-state index in [1.54, 1.807) is 18.2 Å². The average Bonchev–Trinajstić information content (AvgIpc) is 2.81. The quantitative estimate of drug-likeness (QED) is 0.878. The lowest BCUT2D eigenvalue weighted by atomic mass is 10.1. The molecule has 0 saturated carbocycles. The van der Waals surface area contributed by atoms with Crippen LogP contribution in [0.5, 0.6) is 0 Å². The largest absolute Gasteiger partial charge is 0.305 e. The second kappa shape index (κ2) is 5.75. The minimum atomic E-state index is -0.223. The fourth-order valence-corrected chi connectivity index (χ4v) is 2.02. The van der Waals surface area contributed by atoms with E-state index in [9.17, 15) is 4.79 Å². The third-order valence-electron chi connectivity index (χ3n) is 2.64. The minimum Gasteiger partial charge on any atom is -0.305 e. The molecule has 0 aliphatic rings. The van der Waals surface area contributed by atoms with Crippen LogP contribution in [0.1, 0.15) is 35.8 Å². The van der Waals surface area contributed by atoms with Crippen LogP contribution in [-0.2, 0) is 0 Å². The van der Waals surface area contributed by atoms with Gasteiger partial charge in [-0.15, -0.1) is 0 Å². The first-order chi connectivity index (χ1) is 8.97. The number of carbonyl (C=O) groups excluding carboxylic acids is 1. The number of nitrogens with one attached hydrogen (secondary N) is 2. The zero-order valence-electron chi connectivity index (χ0n) is 10.5. The maximum atomic E-state index is 12.0. The molecule has 1 aromatic carbocycles. The van der Waals surface area contributed by atoms with Crippen LogP contribution in [0.15, 0.2) is 28.7 Å². The van der Waals surface area contributed by atoms with Gasteiger partial charge >= 0.3 is 0 Å². The fraction of sp³-hybridized carbons (Fsp3) is 0.231. The number of nitrogens with zero attached hydrogens (tertiary/aromatic N) is 1. The molecule has 6 heteroatoms. The molecule has 0 spiro atoms. The van der Waals surface area contributed by atoms with E-state index < -0.39 is 0 Å². The van der Waals surface area contributed by atoms with Crippen LogP contribution in [0.2, 0.25) is 5.02 Å². The van der Waals surface area contributed by atoms with Gasteiger partial charge in [-0.1, -0.05) is 25.4 Å². The smallest absolute Gasteiger partial charge is 0.256 e. The average molecular weight is 343 g/mol. The van der Waals surface area contributed by atoms with Crippen molar-refractivity contribution >= 4 is 39.3 Å². The van der Waals surface area contributed by atoms with Crippen LogP contribution in [0.3, 0.4) is 0 Å². The number of halogens is 2. The highest BCUT2D eigenvalue weighted by atomic mass is 79.9. The molecular formula is C13H13BrClN3O. The van der Waals surface area contributed by atoms with Gasteiger partial charge in [-0.05, 0) is 40.0 Å². The molecule has 0 atom stereocenters. The Morgan fingerprint density at radius 2 is 2.16 bits per heavy atom. The lowest BCUT2D eigenvalue weighted by molar-refractivity contribution is 0.102. The Morgan fingerprint density at radius 1 is 1.42 bits per heavy atom. The predicted octanol–water partition coefficient (Wildman–Crippen LogP) is 4.20. The van der Waals surface area contributed by atoms with E-state index in [0.717, 1.165) is 5.69 Å². The molecule has 0 unspecified atom stereocenters. The molecule has 0 bridgehead atoms. The Bertz CT molecular complexity index is 610. The summed E-state index contributed by atoms with van der Waals surface area (Å²) in [7, 11) is 0. The monoisotopic (exact) mass is 341 g/mol. The van der Waals surface area contributed by atoms with Crippen LogP contribution in [-0.4, -0.2) is 16.1 Å². The van der Waals surface area contributed by atoms with Crippen LogP contribution in [0.25, 0.3) is 0 Å². The number of benzene rings is 1. The first-order valence-corrected chi connectivity index (χ1v) is 6.96. The summed E-state index contributed by atoms with van der Waals surface area (Å²) in [6.45, 7) is 4.10. The van der Waals surface area contributed by atoms with Crippen molar-refractivity contribution in [2.24, 2.45) is 0 Å². The number of aromatic amines is 1. The highest BCUT2D eigenvalue weighted by Gasteiger charge is 2.11. The number of hydrogen-bond donors (Lipinski definition) is 2. The first kappa shape index (κ1) is 14.1. The van der Waals surface area contributed by atoms with Crippen LogP contribution >= 0.6 is 27.5 Å². The summed E-state index contributed by atoms with van der Waals surface area (Å²) < 4.78 is 0.687. The summed E-state index contributed by atoms with van der Waals surface area (Å²) >= 11 is 9.18. The van der Waals surface area contributed by atoms with Gasteiger partial charge in [-0.3, -0.25) is 9.89 Å². The molecule has 19 heavy (non-hydrogen) atoms. The topological polar surface area (TPSA) is 57.8 Å². The number of amides is 1. The molecule has 0 aliphatic carbocycles. The first-order valence-electron chi connectivity index (χ1n) is 5.79. The molecule has 1 heterocycles. The highest BCUT2D eigenvalue weighted by Crippen LogP contribution is 2.23. The van der Waals surface area contributed by atoms with Gasteiger partial charge in [0.1, 0.15) is 0 Å². The fourth-order valence-electron chi connectivity index (χ4n) is 1.52. The molecule has 0 radical (unpaired) electrons. The van der Waals surface area contributed by atoms with Crippen molar-refractivity contribution in [3.63, 3.8) is 0 Å². The van der Waals surface area contributed by atoms with Gasteiger partial charge in [0.15, 0.2) is 5.82 Å². The molecule has 100 valence electrons. The van der Waals surface area contributed by atoms with E-state index >= 15 is 0 Å². The number of H-pyrrole nitrogens is 1. The summed E-state index contributed by atoms with van der Waals surface area (Å²) in [6.07, 6.45) is 0. The van der Waals surface area contributed by atoms with Crippen molar-refractivity contribution in [2.45, 2.75) is 19.8 Å². The Labute approximate surface area is 124 Å². The molecule has 1 aromatic heterocycles. The van der Waals surface area contributed by atoms with E-state index in [-0.39, 0.29) is 5.91 Å². The van der Waals surface area contributed by atoms with Crippen molar-refractivity contribution in [3.05, 3.63) is 45.0 Å². The molecular weight excluding hydrogens is 330 g/mol. The van der Waals surface area contributed by atoms with Crippen molar-refractivity contribution in [1.29, 1.82) is 0 Å². The summed E-state index contributed by atoms with van der Waals surface area (Å²) in [6, 6.07) is 6.84. The van der Waals surface area contributed by atoms with E-state index in [1.807, 2.05) is 6.07 Å². The SMILES string of the molecule is CC(C)c1cc(NC(=O)c2ccc(Cl)c(Br)c2)n[nH]1. The number of hydrogen-bond acceptors (Lipinski definition) is 2. The number of rotatable bonds is 3. The maximum absolute atomic E-state index is 12.0. The van der Waals surface area contributed by atoms with Crippen LogP contribution in [0, 0.1) is 0 Å². The normalized spacial score (nSPS) is 10.8. The Balaban J connectivity index is 2.13. The van der Waals surface area contributed by atoms with Crippen molar-refractivity contribution < 1.29 is 4.79 Å². The lowest BCUT2D eigenvalue weighted by Crippen LogP contribution is -2.12. The summed E-state index contributed by atoms with van der Waals surface area (Å²) in [5, 5.41) is 10.2. The summed E-state index contributed by atoms with van der Waals surface area (Å²) in [5.41, 5.74) is 1.50. The van der Waals surface area contributed by atoms with E-state index in [2.05, 4.69) is 45.3 Å². The molecule has 2 N–H and O–H groups in total. The maximum Gasteiger partial charge on any atom is 0.256 e. The van der Waals surface area contributed by atoms with Crippen molar-refractivity contribution in [1.82, 2.24) is 10.2 Å². The van der Waals surface area contributed by atoms with Crippen LogP contribution < -0.4 is 5.32 Å². The molecule has 1 amide bonds. The second-order valence-electron chi connectivity index (χ2n) is 4.45. The Hall–Kier alpha value is -1.33. The standard InChI is InChI=1S/C13H13BrClN3O/c1-7(2)11-6-12(18-17-11)16-13(19)8-3-4-10(15)9(14)5-8/h3-7H,1-2H3,(H2,16,17,18,19). The van der Waals surface area contributed by atoms with Gasteiger partial charge in [0.25, 0.3) is 5.91 Å². The van der Waals surface area contributed by atoms with Crippen molar-refractivity contribution in [2.75, 3.05) is 5.32 Å². The summed E-state index contributed by atoms with van der Waals surface area (Å²) in [5.74, 6) is 0.627. The molecule has 0 aliphatic heterocycles. The molecule has 2 aromatic rings. The zero-order valence-corrected chi connectivity index (χ0v) is 12.8. The van der Waals surface area contributed by atoms with Crippen LogP contribution in [0.4, 0.5) is 5.82 Å². The molecule has 0 fully saturated rings. The highest BCUT2D eigenvalue weighted by molar-refractivity contribution is 9.10. The molecule has 2 rings (SSSR count). The van der Waals surface area contributed by atoms with Crippen molar-refractivity contribution in [3.8, 4) is 0 Å². The predicted molar refractivity (Wildman–Crippen MR) is 79.8 cm³/mol. The van der Waals surface area contributed by atoms with Gasteiger partial charge in [0.2, 0.25) is 0 Å². The molecule has 4 nitrogen and oxygen atoms in total. The third kappa shape index (κ3) is 3.36. The van der Waals surface area contributed by atoms with E-state index in [1.165, 1.54) is 0 Å². The Morgan fingerprint density at radius 3 is 2.74 bits per heavy atom. The van der Waals surface area contributed by atoms with E-state index in [0.29, 0.717) is 26.8 Å². The van der Waals surface area contributed by atoms with Gasteiger partial charge in [-0.25, -0.2) is 0 Å². The summed E-state index contributed by atoms with van der Waals surface area (Å²) in [4.78, 5) is 12.0. The van der Waals surface area contributed by atoms with Gasteiger partial charge < -0.3 is 5.32 Å². The zero-order chi connectivity index (χ0) is 14.0. The Kier molecular flexibility index (Phi) is 4.27. The number of aromatic nitrogens is 2. The molecule has 0 saturated heterocycles. The number of anilines is 1. The van der Waals surface area contributed by atoms with E-state index in [4.69, 9.17) is 11.6 Å². The minimum absolute atomic E-state index is 0.223. The second-order valence-corrected chi connectivity index (χ2v) is 5.71. The van der Waals surface area contributed by atoms with Gasteiger partial charge in [0, 0.05) is 21.8 Å². The third-order valence-corrected chi connectivity index (χ3v) is 3.86. The number of carbonyl (C=O) groups is 1.